The number of anilines is 1. The predicted octanol–water partition coefficient (Wildman–Crippen LogP) is 3.20. The summed E-state index contributed by atoms with van der Waals surface area (Å²) >= 11 is 0. The first kappa shape index (κ1) is 17.8. The third kappa shape index (κ3) is 4.70. The van der Waals surface area contributed by atoms with E-state index in [1.807, 2.05) is 32.0 Å². The first-order valence-electron chi connectivity index (χ1n) is 8.14. The zero-order chi connectivity index (χ0) is 16.8. The highest BCUT2D eigenvalue weighted by Gasteiger charge is 2.30. The van der Waals surface area contributed by atoms with Crippen LogP contribution in [0.25, 0.3) is 0 Å². The second-order valence-electron chi connectivity index (χ2n) is 5.88. The molecule has 23 heavy (non-hydrogen) atoms. The van der Waals surface area contributed by atoms with Crippen molar-refractivity contribution in [3.8, 4) is 5.75 Å². The van der Waals surface area contributed by atoms with E-state index in [1.54, 1.807) is 7.11 Å². The zero-order valence-electron chi connectivity index (χ0n) is 14.1. The topological polar surface area (TPSA) is 67.4 Å². The highest BCUT2D eigenvalue weighted by atomic mass is 32.2. The van der Waals surface area contributed by atoms with Gasteiger partial charge in [-0.2, -0.15) is 0 Å². The summed E-state index contributed by atoms with van der Waals surface area (Å²) < 4.78 is 17.4. The van der Waals surface area contributed by atoms with E-state index < -0.39 is 10.8 Å². The van der Waals surface area contributed by atoms with Gasteiger partial charge in [0.25, 0.3) is 0 Å². The normalized spacial score (nSPS) is 22.2. The number of carbonyl (C=O) groups excluding carboxylic acids is 1. The molecule has 1 aromatic carbocycles. The molecule has 2 N–H and O–H groups in total. The standard InChI is InChI=1S/C17H26N2O3S/c1-4-23(21)16-8-6-5-7-14(16)19-17(20)18-13-9-10-15(22-3)12(2)11-13/h9-11,14,16H,4-8H2,1-3H3,(H2,18,19,20)/t14-,16-,23+/m1/s1. The van der Waals surface area contributed by atoms with Crippen LogP contribution in [0.1, 0.15) is 38.2 Å². The predicted molar refractivity (Wildman–Crippen MR) is 94.6 cm³/mol. The smallest absolute Gasteiger partial charge is 0.319 e. The van der Waals surface area contributed by atoms with Crippen LogP contribution < -0.4 is 15.4 Å². The Morgan fingerprint density at radius 2 is 2.09 bits per heavy atom. The fourth-order valence-electron chi connectivity index (χ4n) is 3.08. The van der Waals surface area contributed by atoms with E-state index in [1.165, 1.54) is 0 Å². The Hall–Kier alpha value is -1.56. The summed E-state index contributed by atoms with van der Waals surface area (Å²) in [5, 5.41) is 5.93. The zero-order valence-corrected chi connectivity index (χ0v) is 14.9. The van der Waals surface area contributed by atoms with Gasteiger partial charge in [-0.1, -0.05) is 19.8 Å². The quantitative estimate of drug-likeness (QED) is 0.866. The number of nitrogens with one attached hydrogen (secondary N) is 2. The average molecular weight is 338 g/mol. The molecule has 1 saturated carbocycles. The molecule has 0 bridgehead atoms. The molecule has 5 nitrogen and oxygen atoms in total. The molecular weight excluding hydrogens is 312 g/mol. The Morgan fingerprint density at radius 3 is 2.74 bits per heavy atom. The molecule has 0 unspecified atom stereocenters. The minimum atomic E-state index is -0.873. The molecule has 0 saturated heterocycles. The summed E-state index contributed by atoms with van der Waals surface area (Å²) in [6, 6.07) is 5.28. The van der Waals surface area contributed by atoms with Crippen LogP contribution in [0.5, 0.6) is 5.75 Å². The van der Waals surface area contributed by atoms with E-state index in [-0.39, 0.29) is 17.3 Å². The number of rotatable bonds is 5. The van der Waals surface area contributed by atoms with E-state index in [4.69, 9.17) is 4.74 Å². The number of aryl methyl sites for hydroxylation is 1. The molecule has 1 aliphatic rings. The minimum absolute atomic E-state index is 0.0103. The van der Waals surface area contributed by atoms with Crippen LogP contribution in [0.3, 0.4) is 0 Å². The number of carbonyl (C=O) groups is 1. The van der Waals surface area contributed by atoms with Crippen molar-refractivity contribution >= 4 is 22.5 Å². The maximum absolute atomic E-state index is 12.3. The van der Waals surface area contributed by atoms with Crippen LogP contribution in [-0.4, -0.2) is 34.4 Å². The maximum atomic E-state index is 12.3. The van der Waals surface area contributed by atoms with Gasteiger partial charge in [0.2, 0.25) is 0 Å². The van der Waals surface area contributed by atoms with Gasteiger partial charge in [-0.05, 0) is 43.5 Å². The van der Waals surface area contributed by atoms with Gasteiger partial charge in [0.05, 0.1) is 12.4 Å². The Kier molecular flexibility index (Phi) is 6.45. The van der Waals surface area contributed by atoms with Gasteiger partial charge >= 0.3 is 6.03 Å². The second kappa shape index (κ2) is 8.34. The Morgan fingerprint density at radius 1 is 1.35 bits per heavy atom. The van der Waals surface area contributed by atoms with E-state index in [0.29, 0.717) is 5.75 Å². The Labute approximate surface area is 140 Å². The fraction of sp³-hybridized carbons (Fsp3) is 0.588. The summed E-state index contributed by atoms with van der Waals surface area (Å²) in [4.78, 5) is 12.3. The van der Waals surface area contributed by atoms with Gasteiger partial charge in [0.1, 0.15) is 5.75 Å². The summed E-state index contributed by atoms with van der Waals surface area (Å²) in [6.45, 7) is 3.87. The van der Waals surface area contributed by atoms with Gasteiger partial charge in [0.15, 0.2) is 0 Å². The van der Waals surface area contributed by atoms with Crippen molar-refractivity contribution in [3.63, 3.8) is 0 Å². The van der Waals surface area contributed by atoms with E-state index in [0.717, 1.165) is 42.7 Å². The van der Waals surface area contributed by atoms with Crippen LogP contribution in [0.2, 0.25) is 0 Å². The van der Waals surface area contributed by atoms with Crippen LogP contribution >= 0.6 is 0 Å². The van der Waals surface area contributed by atoms with Gasteiger partial charge in [-0.3, -0.25) is 4.21 Å². The maximum Gasteiger partial charge on any atom is 0.319 e. The van der Waals surface area contributed by atoms with Gasteiger partial charge in [0, 0.05) is 28.3 Å². The average Bonchev–Trinajstić information content (AvgIpc) is 2.54. The first-order chi connectivity index (χ1) is 11.0. The van der Waals surface area contributed by atoms with E-state index in [2.05, 4.69) is 10.6 Å². The van der Waals surface area contributed by atoms with Gasteiger partial charge < -0.3 is 15.4 Å². The molecule has 2 amide bonds. The van der Waals surface area contributed by atoms with E-state index >= 15 is 0 Å². The molecule has 0 aliphatic heterocycles. The number of benzene rings is 1. The number of ether oxygens (including phenoxy) is 1. The number of hydrogen-bond acceptors (Lipinski definition) is 3. The lowest BCUT2D eigenvalue weighted by Crippen LogP contribution is -2.48. The molecule has 0 spiro atoms. The van der Waals surface area contributed by atoms with Crippen LogP contribution in [0.15, 0.2) is 18.2 Å². The summed E-state index contributed by atoms with van der Waals surface area (Å²) in [6.07, 6.45) is 3.98. The highest BCUT2D eigenvalue weighted by Crippen LogP contribution is 2.24. The van der Waals surface area contributed by atoms with Crippen LogP contribution in [-0.2, 0) is 10.8 Å². The van der Waals surface area contributed by atoms with Crippen molar-refractivity contribution in [2.45, 2.75) is 50.8 Å². The third-order valence-electron chi connectivity index (χ3n) is 4.29. The molecule has 3 atom stereocenters. The van der Waals surface area contributed by atoms with Crippen molar-refractivity contribution in [3.05, 3.63) is 23.8 Å². The van der Waals surface area contributed by atoms with Crippen molar-refractivity contribution in [2.24, 2.45) is 0 Å². The molecule has 1 aliphatic carbocycles. The molecule has 128 valence electrons. The van der Waals surface area contributed by atoms with Crippen LogP contribution in [0.4, 0.5) is 10.5 Å². The molecular formula is C17H26N2O3S. The molecule has 1 aromatic rings. The molecule has 1 fully saturated rings. The lowest BCUT2D eigenvalue weighted by molar-refractivity contribution is 0.244. The van der Waals surface area contributed by atoms with Crippen molar-refractivity contribution in [1.29, 1.82) is 0 Å². The Bertz CT molecular complexity index is 577. The largest absolute Gasteiger partial charge is 0.496 e. The lowest BCUT2D eigenvalue weighted by atomic mass is 9.95. The molecule has 0 heterocycles. The van der Waals surface area contributed by atoms with E-state index in [9.17, 15) is 9.00 Å². The monoisotopic (exact) mass is 338 g/mol. The Balaban J connectivity index is 1.97. The van der Waals surface area contributed by atoms with Crippen LogP contribution in [0, 0.1) is 6.92 Å². The number of methoxy groups -OCH3 is 1. The number of amides is 2. The van der Waals surface area contributed by atoms with Gasteiger partial charge in [-0.25, -0.2) is 4.79 Å². The van der Waals surface area contributed by atoms with Gasteiger partial charge in [-0.15, -0.1) is 0 Å². The summed E-state index contributed by atoms with van der Waals surface area (Å²) in [5.41, 5.74) is 1.69. The van der Waals surface area contributed by atoms with Crippen molar-refractivity contribution < 1.29 is 13.7 Å². The molecule has 0 radical (unpaired) electrons. The highest BCUT2D eigenvalue weighted by molar-refractivity contribution is 7.85. The summed E-state index contributed by atoms with van der Waals surface area (Å²) in [5.74, 6) is 1.43. The fourth-order valence-corrected chi connectivity index (χ4v) is 4.51. The number of urea groups is 1. The minimum Gasteiger partial charge on any atom is -0.496 e. The number of hydrogen-bond donors (Lipinski definition) is 2. The third-order valence-corrected chi connectivity index (χ3v) is 6.10. The lowest BCUT2D eigenvalue weighted by Gasteiger charge is -2.31. The van der Waals surface area contributed by atoms with Crippen molar-refractivity contribution in [1.82, 2.24) is 5.32 Å². The second-order valence-corrected chi connectivity index (χ2v) is 7.83. The molecule has 6 heteroatoms. The summed E-state index contributed by atoms with van der Waals surface area (Å²) in [7, 11) is 0.751. The SMILES string of the molecule is CC[S@](=O)[C@@H]1CCCC[C@H]1NC(=O)Nc1ccc(OC)c(C)c1. The molecule has 2 rings (SSSR count). The van der Waals surface area contributed by atoms with Crippen molar-refractivity contribution in [2.75, 3.05) is 18.2 Å². The first-order valence-corrected chi connectivity index (χ1v) is 9.52. The molecule has 0 aromatic heterocycles.